The number of ether oxygens (including phenoxy) is 1. The third-order valence-electron chi connectivity index (χ3n) is 1.25. The van der Waals surface area contributed by atoms with Crippen LogP contribution < -0.4 is 0 Å². The third kappa shape index (κ3) is 2.55. The first-order chi connectivity index (χ1) is 5.11. The van der Waals surface area contributed by atoms with Crippen molar-refractivity contribution in [3.8, 4) is 0 Å². The van der Waals surface area contributed by atoms with Gasteiger partial charge >= 0.3 is 5.97 Å². The van der Waals surface area contributed by atoms with Crippen LogP contribution in [0.15, 0.2) is 12.2 Å². The van der Waals surface area contributed by atoms with Crippen LogP contribution in [0.4, 0.5) is 0 Å². The van der Waals surface area contributed by atoms with Crippen molar-refractivity contribution >= 4 is 17.7 Å². The molecule has 0 aromatic rings. The summed E-state index contributed by atoms with van der Waals surface area (Å²) in [6.45, 7) is 4.95. The number of esters is 1. The van der Waals surface area contributed by atoms with Gasteiger partial charge in [-0.15, -0.1) is 11.8 Å². The Kier molecular flexibility index (Phi) is 2.57. The van der Waals surface area contributed by atoms with Crippen LogP contribution in [0.1, 0.15) is 6.92 Å². The van der Waals surface area contributed by atoms with E-state index in [9.17, 15) is 4.79 Å². The molecule has 11 heavy (non-hydrogen) atoms. The maximum Gasteiger partial charge on any atom is 0.335 e. The van der Waals surface area contributed by atoms with Crippen LogP contribution >= 0.6 is 11.8 Å². The van der Waals surface area contributed by atoms with Crippen molar-refractivity contribution < 1.29 is 14.6 Å². The van der Waals surface area contributed by atoms with Gasteiger partial charge in [0.25, 0.3) is 0 Å². The van der Waals surface area contributed by atoms with Gasteiger partial charge in [-0.25, -0.2) is 4.79 Å². The fraction of sp³-hybridized carbons (Fsp3) is 0.571. The number of thioether (sulfide) groups is 1. The fourth-order valence-corrected chi connectivity index (χ4v) is 1.00. The van der Waals surface area contributed by atoms with Crippen LogP contribution in [-0.4, -0.2) is 28.4 Å². The Bertz CT molecular complexity index is 186. The molecular formula is C7H10O3S. The molecule has 1 N–H and O–H groups in total. The Hall–Kier alpha value is -0.480. The maximum absolute atomic E-state index is 10.8. The Morgan fingerprint density at radius 3 is 2.82 bits per heavy atom. The van der Waals surface area contributed by atoms with E-state index in [0.29, 0.717) is 5.57 Å². The molecule has 0 amide bonds. The predicted molar refractivity (Wildman–Crippen MR) is 43.2 cm³/mol. The lowest BCUT2D eigenvalue weighted by Gasteiger charge is -2.08. The summed E-state index contributed by atoms with van der Waals surface area (Å²) in [6.07, 6.45) is -0.954. The second kappa shape index (κ2) is 3.28. The van der Waals surface area contributed by atoms with Gasteiger partial charge in [0.2, 0.25) is 6.29 Å². The van der Waals surface area contributed by atoms with Crippen molar-refractivity contribution in [3.05, 3.63) is 12.2 Å². The molecule has 0 aliphatic carbocycles. The number of hydrogen-bond acceptors (Lipinski definition) is 4. The highest BCUT2D eigenvalue weighted by Gasteiger charge is 2.33. The summed E-state index contributed by atoms with van der Waals surface area (Å²) in [6, 6.07) is 0. The summed E-state index contributed by atoms with van der Waals surface area (Å²) in [7, 11) is 0. The zero-order valence-corrected chi connectivity index (χ0v) is 7.06. The molecule has 0 aromatic heterocycles. The number of carbonyl (C=O) groups excluding carboxylic acids is 1. The number of hydrogen-bond donors (Lipinski definition) is 1. The minimum absolute atomic E-state index is 0.0818. The zero-order chi connectivity index (χ0) is 8.43. The molecule has 2 atom stereocenters. The minimum Gasteiger partial charge on any atom is -0.431 e. The Balaban J connectivity index is 2.28. The normalized spacial score (nSPS) is 24.0. The Morgan fingerprint density at radius 2 is 2.45 bits per heavy atom. The summed E-state index contributed by atoms with van der Waals surface area (Å²) < 4.78 is 4.63. The van der Waals surface area contributed by atoms with Crippen molar-refractivity contribution in [3.63, 3.8) is 0 Å². The molecule has 0 bridgehead atoms. The molecule has 1 saturated heterocycles. The largest absolute Gasteiger partial charge is 0.431 e. The first-order valence-electron chi connectivity index (χ1n) is 3.27. The number of aliphatic hydroxyl groups excluding tert-OH is 1. The fourth-order valence-electron chi connectivity index (χ4n) is 0.506. The van der Waals surface area contributed by atoms with Crippen LogP contribution in [-0.2, 0) is 9.53 Å². The highest BCUT2D eigenvalue weighted by atomic mass is 32.2. The van der Waals surface area contributed by atoms with Crippen LogP contribution in [0.3, 0.4) is 0 Å². The number of rotatable bonds is 3. The molecule has 1 heterocycles. The lowest BCUT2D eigenvalue weighted by molar-refractivity contribution is -0.161. The van der Waals surface area contributed by atoms with Crippen LogP contribution in [0, 0.1) is 0 Å². The topological polar surface area (TPSA) is 46.5 Å². The monoisotopic (exact) mass is 174 g/mol. The van der Waals surface area contributed by atoms with Crippen LogP contribution in [0.5, 0.6) is 0 Å². The van der Waals surface area contributed by atoms with Crippen molar-refractivity contribution in [1.29, 1.82) is 0 Å². The Labute approximate surface area is 69.4 Å². The van der Waals surface area contributed by atoms with E-state index in [1.165, 1.54) is 0 Å². The van der Waals surface area contributed by atoms with Gasteiger partial charge in [-0.1, -0.05) is 6.58 Å². The molecule has 1 fully saturated rings. The first-order valence-corrected chi connectivity index (χ1v) is 4.32. The second-order valence-electron chi connectivity index (χ2n) is 2.45. The van der Waals surface area contributed by atoms with Gasteiger partial charge in [0.15, 0.2) is 0 Å². The van der Waals surface area contributed by atoms with Gasteiger partial charge in [-0.2, -0.15) is 0 Å². The summed E-state index contributed by atoms with van der Waals surface area (Å²) >= 11 is 1.57. The van der Waals surface area contributed by atoms with E-state index in [0.717, 1.165) is 5.75 Å². The molecule has 1 rings (SSSR count). The van der Waals surface area contributed by atoms with Crippen molar-refractivity contribution in [2.24, 2.45) is 0 Å². The predicted octanol–water partition coefficient (Wildman–Crippen LogP) is 0.539. The van der Waals surface area contributed by atoms with Gasteiger partial charge < -0.3 is 9.84 Å². The van der Waals surface area contributed by atoms with Gasteiger partial charge in [0, 0.05) is 11.3 Å². The SMILES string of the molecule is C=C(C)C(=O)OC(O)C1CS1. The average Bonchev–Trinajstić information content (AvgIpc) is 2.67. The van der Waals surface area contributed by atoms with E-state index in [4.69, 9.17) is 5.11 Å². The molecule has 3 nitrogen and oxygen atoms in total. The molecular weight excluding hydrogens is 164 g/mol. The van der Waals surface area contributed by atoms with E-state index in [1.54, 1.807) is 18.7 Å². The van der Waals surface area contributed by atoms with Gasteiger partial charge in [-0.3, -0.25) is 0 Å². The number of aliphatic hydroxyl groups is 1. The van der Waals surface area contributed by atoms with Crippen molar-refractivity contribution in [2.45, 2.75) is 18.5 Å². The number of carbonyl (C=O) groups is 1. The Morgan fingerprint density at radius 1 is 1.91 bits per heavy atom. The molecule has 62 valence electrons. The molecule has 4 heteroatoms. The molecule has 1 aliphatic heterocycles. The van der Waals surface area contributed by atoms with E-state index in [2.05, 4.69) is 11.3 Å². The van der Waals surface area contributed by atoms with E-state index in [1.807, 2.05) is 0 Å². The van der Waals surface area contributed by atoms with Gasteiger partial charge in [-0.05, 0) is 6.92 Å². The van der Waals surface area contributed by atoms with Gasteiger partial charge in [0.1, 0.15) is 0 Å². The summed E-state index contributed by atoms with van der Waals surface area (Å²) in [5.74, 6) is 0.343. The van der Waals surface area contributed by atoms with Crippen LogP contribution in [0.2, 0.25) is 0 Å². The average molecular weight is 174 g/mol. The first kappa shape index (κ1) is 8.62. The highest BCUT2D eigenvalue weighted by molar-refractivity contribution is 8.06. The van der Waals surface area contributed by atoms with E-state index >= 15 is 0 Å². The van der Waals surface area contributed by atoms with E-state index in [-0.39, 0.29) is 5.25 Å². The van der Waals surface area contributed by atoms with E-state index < -0.39 is 12.3 Å². The molecule has 0 aromatic carbocycles. The molecule has 0 saturated carbocycles. The van der Waals surface area contributed by atoms with Crippen molar-refractivity contribution in [2.75, 3.05) is 5.75 Å². The van der Waals surface area contributed by atoms with Crippen LogP contribution in [0.25, 0.3) is 0 Å². The summed E-state index contributed by atoms with van der Waals surface area (Å²) in [4.78, 5) is 10.8. The quantitative estimate of drug-likeness (QED) is 0.293. The van der Waals surface area contributed by atoms with Crippen molar-refractivity contribution in [1.82, 2.24) is 0 Å². The highest BCUT2D eigenvalue weighted by Crippen LogP contribution is 2.33. The standard InChI is InChI=1S/C7H10O3S/c1-4(2)6(8)10-7(9)5-3-11-5/h5,7,9H,1,3H2,2H3. The molecule has 0 radical (unpaired) electrons. The second-order valence-corrected chi connectivity index (χ2v) is 3.72. The van der Waals surface area contributed by atoms with Gasteiger partial charge in [0.05, 0.1) is 5.25 Å². The maximum atomic E-state index is 10.8. The zero-order valence-electron chi connectivity index (χ0n) is 6.24. The summed E-state index contributed by atoms with van der Waals surface area (Å²) in [5, 5.41) is 9.18. The molecule has 0 spiro atoms. The molecule has 1 aliphatic rings. The lowest BCUT2D eigenvalue weighted by atomic mass is 10.3. The third-order valence-corrected chi connectivity index (χ3v) is 2.20. The minimum atomic E-state index is -0.954. The lowest BCUT2D eigenvalue weighted by Crippen LogP contribution is -2.22. The smallest absolute Gasteiger partial charge is 0.335 e. The summed E-state index contributed by atoms with van der Waals surface area (Å²) in [5.41, 5.74) is 0.315. The molecule has 2 unspecified atom stereocenters.